The molecule has 0 fully saturated rings. The Bertz CT molecular complexity index is 153. The number of hydrogen-bond acceptors (Lipinski definition) is 1. The van der Waals surface area contributed by atoms with Crippen LogP contribution in [0, 0.1) is 0 Å². The van der Waals surface area contributed by atoms with Crippen LogP contribution >= 0.6 is 7.81 Å². The third-order valence-electron chi connectivity index (χ3n) is 0.306. The maximum absolute atomic E-state index is 10.7. The molecule has 0 spiro atoms. The van der Waals surface area contributed by atoms with Crippen LogP contribution in [-0.4, -0.2) is 5.60 Å². The van der Waals surface area contributed by atoms with E-state index in [1.165, 1.54) is 0 Å². The Balaban J connectivity index is 0. The van der Waals surface area contributed by atoms with E-state index in [1.807, 2.05) is 20.8 Å². The fourth-order valence-corrected chi connectivity index (χ4v) is 0. The molecule has 0 aromatic rings. The molecular weight excluding hydrogens is 241 g/mol. The molecule has 13 heavy (non-hydrogen) atoms. The average molecular weight is 252 g/mol. The first kappa shape index (κ1) is 15.8. The molecule has 9 heteroatoms. The van der Waals surface area contributed by atoms with Gasteiger partial charge in [-0.2, -0.15) is 4.18 Å². The zero-order valence-corrected chi connectivity index (χ0v) is 9.02. The quantitative estimate of drug-likeness (QED) is 0.358. The van der Waals surface area contributed by atoms with E-state index in [2.05, 4.69) is 12.9 Å². The second-order valence-electron chi connectivity index (χ2n) is 3.17. The summed E-state index contributed by atoms with van der Waals surface area (Å²) < 4.78 is 63.9. The summed E-state index contributed by atoms with van der Waals surface area (Å²) in [6.45, 7) is 5.92. The summed E-state index contributed by atoms with van der Waals surface area (Å²) in [5, 5.41) is 0. The zero-order valence-electron chi connectivity index (χ0n) is 7.12. The molecule has 0 aromatic carbocycles. The molecule has 0 rings (SSSR count). The molecule has 0 N–H and O–H groups in total. The van der Waals surface area contributed by atoms with Crippen LogP contribution in [0.25, 0.3) is 0 Å². The van der Waals surface area contributed by atoms with E-state index in [0.717, 1.165) is 0 Å². The molecule has 0 unspecified atom stereocenters. The Morgan fingerprint density at radius 2 is 1.00 bits per heavy atom. The molecule has 0 aromatic heterocycles. The van der Waals surface area contributed by atoms with Crippen molar-refractivity contribution in [2.45, 2.75) is 26.4 Å². The molecule has 86 valence electrons. The van der Waals surface area contributed by atoms with Crippen molar-refractivity contribution in [2.24, 2.45) is 0 Å². The van der Waals surface area contributed by atoms with Crippen molar-refractivity contribution in [3.8, 4) is 0 Å². The van der Waals surface area contributed by atoms with Gasteiger partial charge in [-0.25, -0.2) is 0 Å². The molecule has 0 heterocycles. The topological polar surface area (TPSA) is 9.23 Å². The number of rotatable bonds is 0. The Morgan fingerprint density at radius 1 is 0.923 bits per heavy atom. The molecular formula is C4H11F6OPS. The first-order valence-corrected chi connectivity index (χ1v) is 5.36. The Hall–Kier alpha value is 0.320. The van der Waals surface area contributed by atoms with Crippen molar-refractivity contribution in [3.05, 3.63) is 0 Å². The zero-order chi connectivity index (χ0) is 11.6. The van der Waals surface area contributed by atoms with Crippen LogP contribution in [0.15, 0.2) is 0 Å². The van der Waals surface area contributed by atoms with Crippen molar-refractivity contribution < 1.29 is 29.4 Å². The van der Waals surface area contributed by atoms with E-state index >= 15 is 0 Å². The minimum atomic E-state index is -10.7. The summed E-state index contributed by atoms with van der Waals surface area (Å²) in [6, 6.07) is 0. The van der Waals surface area contributed by atoms with Crippen LogP contribution in [0.1, 0.15) is 20.8 Å². The van der Waals surface area contributed by atoms with E-state index in [0.29, 0.717) is 0 Å². The molecule has 0 amide bonds. The van der Waals surface area contributed by atoms with Crippen LogP contribution < -0.4 is 0 Å². The Labute approximate surface area is 77.3 Å². The van der Waals surface area contributed by atoms with Gasteiger partial charge in [0.15, 0.2) is 0 Å². The Morgan fingerprint density at radius 3 is 1.00 bits per heavy atom. The van der Waals surface area contributed by atoms with Crippen LogP contribution in [0.3, 0.4) is 0 Å². The van der Waals surface area contributed by atoms with Crippen molar-refractivity contribution in [2.75, 3.05) is 0 Å². The van der Waals surface area contributed by atoms with Crippen molar-refractivity contribution >= 4 is 20.7 Å². The molecule has 0 aliphatic carbocycles. The number of hydrogen-bond donors (Lipinski definition) is 0. The van der Waals surface area contributed by atoms with Gasteiger partial charge in [0.2, 0.25) is 0 Å². The van der Waals surface area contributed by atoms with Crippen molar-refractivity contribution in [1.29, 1.82) is 0 Å². The molecule has 0 aliphatic rings. The van der Waals surface area contributed by atoms with Gasteiger partial charge >= 0.3 is 33.0 Å². The van der Waals surface area contributed by atoms with E-state index in [4.69, 9.17) is 4.18 Å². The summed E-state index contributed by atoms with van der Waals surface area (Å²) >= 11 is 2.91. The fourth-order valence-electron chi connectivity index (χ4n) is 0. The van der Waals surface area contributed by atoms with Gasteiger partial charge < -0.3 is 0 Å². The molecule has 0 aliphatic heterocycles. The monoisotopic (exact) mass is 252 g/mol. The van der Waals surface area contributed by atoms with Gasteiger partial charge in [0.05, 0.1) is 0 Å². The van der Waals surface area contributed by atoms with Gasteiger partial charge in [0, 0.05) is 0 Å². The maximum atomic E-state index is 9.87. The average Bonchev–Trinajstić information content (AvgIpc) is 1.54. The summed E-state index contributed by atoms with van der Waals surface area (Å²) in [5.74, 6) is 0. The van der Waals surface area contributed by atoms with Crippen LogP contribution in [0.5, 0.6) is 0 Å². The first-order chi connectivity index (χ1) is 5.01. The second kappa shape index (κ2) is 3.17. The van der Waals surface area contributed by atoms with Gasteiger partial charge in [-0.3, -0.25) is 0 Å². The summed E-state index contributed by atoms with van der Waals surface area (Å²) in [5.41, 5.74) is -0.0448. The number of halogens is 6. The molecule has 0 atom stereocenters. The van der Waals surface area contributed by atoms with Gasteiger partial charge in [-0.15, -0.1) is 0 Å². The second-order valence-corrected chi connectivity index (χ2v) is 5.29. The van der Waals surface area contributed by atoms with Gasteiger partial charge in [0.25, 0.3) is 0 Å². The third kappa shape index (κ3) is 119. The van der Waals surface area contributed by atoms with Gasteiger partial charge in [-0.1, -0.05) is 0 Å². The molecule has 0 saturated heterocycles. The minimum absolute atomic E-state index is 0.0448. The summed E-state index contributed by atoms with van der Waals surface area (Å²) in [6.07, 6.45) is 0. The Kier molecular flexibility index (Phi) is 3.85. The molecule has 1 nitrogen and oxygen atoms in total. The van der Waals surface area contributed by atoms with E-state index < -0.39 is 7.81 Å². The summed E-state index contributed by atoms with van der Waals surface area (Å²) in [4.78, 5) is 0. The van der Waals surface area contributed by atoms with Gasteiger partial charge in [0.1, 0.15) is 18.5 Å². The fraction of sp³-hybridized carbons (Fsp3) is 1.00. The van der Waals surface area contributed by atoms with E-state index in [-0.39, 0.29) is 5.60 Å². The van der Waals surface area contributed by atoms with Crippen LogP contribution in [-0.2, 0) is 17.1 Å². The predicted octanol–water partition coefficient (Wildman–Crippen LogP) is 4.11. The van der Waals surface area contributed by atoms with Gasteiger partial charge in [-0.05, 0) is 20.8 Å². The van der Waals surface area contributed by atoms with E-state index in [1.54, 1.807) is 0 Å². The standard InChI is InChI=1S/C4H10OS.F6P/c1-4(2,3)5-6;1-7(2,3,4,5)6/h6H,1-3H3;/q;-1/p+1. The van der Waals surface area contributed by atoms with Crippen LogP contribution in [0.4, 0.5) is 25.2 Å². The van der Waals surface area contributed by atoms with E-state index in [9.17, 15) is 25.2 Å². The normalized spacial score (nSPS) is 18.0. The molecule has 0 saturated carbocycles. The first-order valence-electron chi connectivity index (χ1n) is 2.92. The third-order valence-corrected chi connectivity index (χ3v) is 0.919. The summed E-state index contributed by atoms with van der Waals surface area (Å²) in [7, 11) is -10.7. The SMILES string of the molecule is CC(C)(C)O[SH2+].F[P-](F)(F)(F)(F)F. The molecule has 0 radical (unpaired) electrons. The van der Waals surface area contributed by atoms with Crippen molar-refractivity contribution in [3.63, 3.8) is 0 Å². The molecule has 0 bridgehead atoms. The van der Waals surface area contributed by atoms with Crippen LogP contribution in [0.2, 0.25) is 0 Å². The predicted molar refractivity (Wildman–Crippen MR) is 44.6 cm³/mol. The van der Waals surface area contributed by atoms with Crippen molar-refractivity contribution in [1.82, 2.24) is 0 Å².